The van der Waals surface area contributed by atoms with E-state index in [4.69, 9.17) is 5.26 Å². The van der Waals surface area contributed by atoms with Crippen molar-refractivity contribution in [2.24, 2.45) is 5.41 Å². The van der Waals surface area contributed by atoms with Crippen molar-refractivity contribution in [1.29, 1.82) is 5.26 Å². The van der Waals surface area contributed by atoms with E-state index in [0.717, 1.165) is 12.1 Å². The second kappa shape index (κ2) is 6.32. The van der Waals surface area contributed by atoms with Crippen LogP contribution in [0.15, 0.2) is 42.5 Å². The third-order valence-electron chi connectivity index (χ3n) is 4.09. The van der Waals surface area contributed by atoms with Gasteiger partial charge in [-0.3, -0.25) is 9.59 Å². The number of anilines is 2. The van der Waals surface area contributed by atoms with Gasteiger partial charge in [0.1, 0.15) is 22.7 Å². The molecule has 0 atom stereocenters. The highest BCUT2D eigenvalue weighted by Crippen LogP contribution is 2.47. The van der Waals surface area contributed by atoms with Crippen LogP contribution in [0.2, 0.25) is 0 Å². The van der Waals surface area contributed by atoms with Gasteiger partial charge in [0.05, 0.1) is 11.6 Å². The Hall–Kier alpha value is -3.27. The van der Waals surface area contributed by atoms with E-state index in [1.807, 2.05) is 6.07 Å². The lowest BCUT2D eigenvalue weighted by Gasteiger charge is -2.16. The molecule has 1 saturated carbocycles. The second-order valence-electron chi connectivity index (χ2n) is 5.78. The Kier molecular flexibility index (Phi) is 4.19. The van der Waals surface area contributed by atoms with Gasteiger partial charge in [-0.2, -0.15) is 5.26 Å². The molecule has 126 valence electrons. The molecule has 0 heterocycles. The minimum atomic E-state index is -1.34. The molecule has 2 N–H and O–H groups in total. The van der Waals surface area contributed by atoms with Gasteiger partial charge in [0.2, 0.25) is 11.8 Å². The molecule has 2 amide bonds. The highest BCUT2D eigenvalue weighted by Gasteiger charge is 2.56. The molecule has 2 aromatic carbocycles. The van der Waals surface area contributed by atoms with E-state index in [0.29, 0.717) is 11.3 Å². The summed E-state index contributed by atoms with van der Waals surface area (Å²) in [6.45, 7) is 0. The van der Waals surface area contributed by atoms with Gasteiger partial charge >= 0.3 is 0 Å². The lowest BCUT2D eigenvalue weighted by molar-refractivity contribution is -0.131. The number of benzene rings is 2. The molecule has 0 radical (unpaired) electrons. The molecule has 0 unspecified atom stereocenters. The summed E-state index contributed by atoms with van der Waals surface area (Å²) in [6, 6.07) is 11.3. The molecule has 0 aromatic heterocycles. The molecule has 25 heavy (non-hydrogen) atoms. The molecule has 7 heteroatoms. The lowest BCUT2D eigenvalue weighted by atomic mass is 10.0. The van der Waals surface area contributed by atoms with Crippen molar-refractivity contribution in [3.63, 3.8) is 0 Å². The van der Waals surface area contributed by atoms with Crippen molar-refractivity contribution < 1.29 is 18.4 Å². The first-order chi connectivity index (χ1) is 12.0. The Labute approximate surface area is 142 Å². The standard InChI is InChI=1S/C18H13F2N3O2/c19-13-2-1-3-14(20)15(13)23-17(25)18(8-9-18)16(24)22-12-6-4-11(10-21)5-7-12/h1-7H,8-9H2,(H,22,24)(H,23,25). The minimum absolute atomic E-state index is 0.289. The highest BCUT2D eigenvalue weighted by molar-refractivity contribution is 6.16. The molecule has 2 aromatic rings. The molecular weight excluding hydrogens is 328 g/mol. The van der Waals surface area contributed by atoms with E-state index in [1.54, 1.807) is 12.1 Å². The first-order valence-corrected chi connectivity index (χ1v) is 7.53. The maximum Gasteiger partial charge on any atom is 0.240 e. The zero-order chi connectivity index (χ0) is 18.0. The molecule has 0 aliphatic heterocycles. The number of nitrogens with zero attached hydrogens (tertiary/aromatic N) is 1. The van der Waals surface area contributed by atoms with E-state index < -0.39 is 34.6 Å². The van der Waals surface area contributed by atoms with Gasteiger partial charge in [0.15, 0.2) is 0 Å². The fourth-order valence-corrected chi connectivity index (χ4v) is 2.41. The van der Waals surface area contributed by atoms with Crippen LogP contribution in [0.3, 0.4) is 0 Å². The monoisotopic (exact) mass is 341 g/mol. The topological polar surface area (TPSA) is 82.0 Å². The SMILES string of the molecule is N#Cc1ccc(NC(=O)C2(C(=O)Nc3c(F)cccc3F)CC2)cc1. The molecule has 3 rings (SSSR count). The zero-order valence-corrected chi connectivity index (χ0v) is 13.0. The van der Waals surface area contributed by atoms with E-state index in [1.165, 1.54) is 18.2 Å². The third kappa shape index (κ3) is 3.19. The molecular formula is C18H13F2N3O2. The Morgan fingerprint density at radius 3 is 2.04 bits per heavy atom. The molecule has 1 aliphatic rings. The Morgan fingerprint density at radius 2 is 1.52 bits per heavy atom. The van der Waals surface area contributed by atoms with Crippen LogP contribution in [0.25, 0.3) is 0 Å². The predicted molar refractivity (Wildman–Crippen MR) is 86.4 cm³/mol. The van der Waals surface area contributed by atoms with E-state index in [2.05, 4.69) is 10.6 Å². The van der Waals surface area contributed by atoms with Gasteiger partial charge in [-0.05, 0) is 49.2 Å². The van der Waals surface area contributed by atoms with Crippen molar-refractivity contribution in [3.8, 4) is 6.07 Å². The molecule has 5 nitrogen and oxygen atoms in total. The van der Waals surface area contributed by atoms with Crippen molar-refractivity contribution in [3.05, 3.63) is 59.7 Å². The number of nitriles is 1. The minimum Gasteiger partial charge on any atom is -0.325 e. The average molecular weight is 341 g/mol. The number of rotatable bonds is 4. The van der Waals surface area contributed by atoms with Crippen LogP contribution < -0.4 is 10.6 Å². The lowest BCUT2D eigenvalue weighted by Crippen LogP contribution is -2.36. The van der Waals surface area contributed by atoms with Crippen LogP contribution in [0, 0.1) is 28.4 Å². The Balaban J connectivity index is 1.73. The number of carbonyl (C=O) groups excluding carboxylic acids is 2. The van der Waals surface area contributed by atoms with E-state index in [-0.39, 0.29) is 12.8 Å². The van der Waals surface area contributed by atoms with E-state index >= 15 is 0 Å². The van der Waals surface area contributed by atoms with Crippen molar-refractivity contribution >= 4 is 23.2 Å². The van der Waals surface area contributed by atoms with Gasteiger partial charge in [0.25, 0.3) is 0 Å². The van der Waals surface area contributed by atoms with Crippen LogP contribution >= 0.6 is 0 Å². The van der Waals surface area contributed by atoms with Gasteiger partial charge < -0.3 is 10.6 Å². The van der Waals surface area contributed by atoms with Crippen molar-refractivity contribution in [2.75, 3.05) is 10.6 Å². The number of hydrogen-bond donors (Lipinski definition) is 2. The summed E-state index contributed by atoms with van der Waals surface area (Å²) in [6.07, 6.45) is 0.577. The third-order valence-corrected chi connectivity index (χ3v) is 4.09. The number of hydrogen-bond acceptors (Lipinski definition) is 3. The van der Waals surface area contributed by atoms with Crippen LogP contribution in [0.4, 0.5) is 20.2 Å². The summed E-state index contributed by atoms with van der Waals surface area (Å²) in [4.78, 5) is 24.8. The average Bonchev–Trinajstić information content (AvgIpc) is 3.41. The summed E-state index contributed by atoms with van der Waals surface area (Å²) in [5.74, 6) is -3.11. The highest BCUT2D eigenvalue weighted by atomic mass is 19.1. The summed E-state index contributed by atoms with van der Waals surface area (Å²) in [5, 5.41) is 13.5. The number of para-hydroxylation sites is 1. The quantitative estimate of drug-likeness (QED) is 0.838. The van der Waals surface area contributed by atoms with Gasteiger partial charge in [-0.15, -0.1) is 0 Å². The van der Waals surface area contributed by atoms with Gasteiger partial charge in [-0.25, -0.2) is 8.78 Å². The molecule has 0 bridgehead atoms. The normalized spacial score (nSPS) is 14.3. The van der Waals surface area contributed by atoms with E-state index in [9.17, 15) is 18.4 Å². The fourth-order valence-electron chi connectivity index (χ4n) is 2.41. The first kappa shape index (κ1) is 16.6. The second-order valence-corrected chi connectivity index (χ2v) is 5.78. The Bertz CT molecular complexity index is 864. The zero-order valence-electron chi connectivity index (χ0n) is 13.0. The summed E-state index contributed by atoms with van der Waals surface area (Å²) >= 11 is 0. The smallest absolute Gasteiger partial charge is 0.240 e. The first-order valence-electron chi connectivity index (χ1n) is 7.53. The van der Waals surface area contributed by atoms with Crippen LogP contribution in [0.5, 0.6) is 0 Å². The molecule has 0 spiro atoms. The van der Waals surface area contributed by atoms with Gasteiger partial charge in [-0.1, -0.05) is 6.07 Å². The summed E-state index contributed by atoms with van der Waals surface area (Å²) in [5.41, 5.74) is -1.04. The molecule has 1 aliphatic carbocycles. The molecule has 1 fully saturated rings. The van der Waals surface area contributed by atoms with Crippen LogP contribution in [-0.2, 0) is 9.59 Å². The predicted octanol–water partition coefficient (Wildman–Crippen LogP) is 3.19. The fraction of sp³-hybridized carbons (Fsp3) is 0.167. The largest absolute Gasteiger partial charge is 0.325 e. The maximum absolute atomic E-state index is 13.7. The Morgan fingerprint density at radius 1 is 0.960 bits per heavy atom. The molecule has 0 saturated heterocycles. The number of carbonyl (C=O) groups is 2. The van der Waals surface area contributed by atoms with Gasteiger partial charge in [0, 0.05) is 5.69 Å². The van der Waals surface area contributed by atoms with Crippen molar-refractivity contribution in [2.45, 2.75) is 12.8 Å². The number of nitrogens with one attached hydrogen (secondary N) is 2. The maximum atomic E-state index is 13.7. The summed E-state index contributed by atoms with van der Waals surface area (Å²) in [7, 11) is 0. The van der Waals surface area contributed by atoms with Crippen LogP contribution in [0.1, 0.15) is 18.4 Å². The van der Waals surface area contributed by atoms with Crippen molar-refractivity contribution in [1.82, 2.24) is 0 Å². The number of amides is 2. The summed E-state index contributed by atoms with van der Waals surface area (Å²) < 4.78 is 27.3. The number of halogens is 2. The van der Waals surface area contributed by atoms with Crippen LogP contribution in [-0.4, -0.2) is 11.8 Å².